The van der Waals surface area contributed by atoms with Crippen LogP contribution >= 0.6 is 0 Å². The summed E-state index contributed by atoms with van der Waals surface area (Å²) in [7, 11) is 1.62. The number of fused-ring (bicyclic) bond motifs is 4. The van der Waals surface area contributed by atoms with Gasteiger partial charge in [0.15, 0.2) is 0 Å². The maximum absolute atomic E-state index is 12.8. The molecule has 29 heavy (non-hydrogen) atoms. The Kier molecular flexibility index (Phi) is 4.19. The van der Waals surface area contributed by atoms with E-state index >= 15 is 0 Å². The average molecular weight is 388 g/mol. The van der Waals surface area contributed by atoms with E-state index in [0.29, 0.717) is 13.1 Å². The third-order valence-electron chi connectivity index (χ3n) is 6.00. The number of anilines is 2. The van der Waals surface area contributed by atoms with E-state index in [2.05, 4.69) is 57.8 Å². The van der Waals surface area contributed by atoms with E-state index in [1.54, 1.807) is 7.11 Å². The van der Waals surface area contributed by atoms with Crippen LogP contribution in [0.15, 0.2) is 66.9 Å². The molecule has 0 bridgehead atoms. The highest BCUT2D eigenvalue weighted by Crippen LogP contribution is 2.43. The van der Waals surface area contributed by atoms with E-state index in [-0.39, 0.29) is 11.6 Å². The summed E-state index contributed by atoms with van der Waals surface area (Å²) in [5.41, 5.74) is 4.18. The van der Waals surface area contributed by atoms with Gasteiger partial charge in [-0.15, -0.1) is 0 Å². The van der Waals surface area contributed by atoms with Gasteiger partial charge in [0, 0.05) is 36.7 Å². The molecule has 148 valence electrons. The average Bonchev–Trinajstić information content (AvgIpc) is 3.26. The Hall–Kier alpha value is -3.41. The Morgan fingerprint density at radius 3 is 2.72 bits per heavy atom. The van der Waals surface area contributed by atoms with Crippen molar-refractivity contribution in [3.63, 3.8) is 0 Å². The zero-order valence-corrected chi connectivity index (χ0v) is 16.4. The van der Waals surface area contributed by atoms with E-state index in [0.717, 1.165) is 30.0 Å². The Morgan fingerprint density at radius 1 is 1.07 bits per heavy atom. The van der Waals surface area contributed by atoms with Crippen LogP contribution in [0.2, 0.25) is 0 Å². The molecule has 3 aromatic rings. The minimum atomic E-state index is -0.148. The number of methoxy groups -OCH3 is 1. The van der Waals surface area contributed by atoms with Crippen LogP contribution < -0.4 is 15.4 Å². The first-order valence-corrected chi connectivity index (χ1v) is 9.94. The first kappa shape index (κ1) is 17.7. The number of benzene rings is 2. The van der Waals surface area contributed by atoms with E-state index in [9.17, 15) is 4.79 Å². The molecule has 2 aliphatic rings. The molecule has 0 aliphatic carbocycles. The fourth-order valence-corrected chi connectivity index (χ4v) is 4.47. The highest BCUT2D eigenvalue weighted by Gasteiger charge is 2.42. The number of carbonyl (C=O) groups excluding carboxylic acids is 1. The lowest BCUT2D eigenvalue weighted by atomic mass is 9.82. The van der Waals surface area contributed by atoms with Crippen molar-refractivity contribution in [2.45, 2.75) is 18.4 Å². The molecule has 1 spiro atoms. The van der Waals surface area contributed by atoms with Crippen molar-refractivity contribution in [2.24, 2.45) is 0 Å². The summed E-state index contributed by atoms with van der Waals surface area (Å²) >= 11 is 0. The smallest absolute Gasteiger partial charge is 0.321 e. The molecule has 3 heterocycles. The number of nitrogens with zero attached hydrogens (tertiary/aromatic N) is 2. The van der Waals surface area contributed by atoms with E-state index in [1.165, 1.54) is 11.4 Å². The molecule has 1 aromatic heterocycles. The predicted molar refractivity (Wildman–Crippen MR) is 114 cm³/mol. The van der Waals surface area contributed by atoms with Crippen molar-refractivity contribution in [3.05, 3.63) is 72.6 Å². The minimum absolute atomic E-state index is 0.0697. The zero-order chi connectivity index (χ0) is 19.8. The number of nitrogens with one attached hydrogen (secondary N) is 2. The maximum atomic E-state index is 12.8. The highest BCUT2D eigenvalue weighted by molar-refractivity contribution is 5.89. The van der Waals surface area contributed by atoms with Gasteiger partial charge < -0.3 is 24.8 Å². The Bertz CT molecular complexity index is 1050. The number of amides is 2. The van der Waals surface area contributed by atoms with Crippen LogP contribution in [0.25, 0.3) is 5.69 Å². The van der Waals surface area contributed by atoms with Crippen LogP contribution in [0.1, 0.15) is 18.5 Å². The standard InChI is InChI=1S/C23H24N4O2/c1-29-18-7-4-6-17(16-18)24-22(28)26-14-11-23(12-15-26)21-10-5-13-27(21)20-9-3-2-8-19(20)25-23/h2-10,13,16,25H,11-12,14-15H2,1H3,(H,24,28). The number of carbonyl (C=O) groups is 1. The van der Waals surface area contributed by atoms with Gasteiger partial charge in [-0.3, -0.25) is 0 Å². The van der Waals surface area contributed by atoms with Crippen molar-refractivity contribution in [1.82, 2.24) is 9.47 Å². The topological polar surface area (TPSA) is 58.5 Å². The second-order valence-corrected chi connectivity index (χ2v) is 7.64. The van der Waals surface area contributed by atoms with Crippen molar-refractivity contribution >= 4 is 17.4 Å². The summed E-state index contributed by atoms with van der Waals surface area (Å²) in [6, 6.07) is 20.0. The summed E-state index contributed by atoms with van der Waals surface area (Å²) in [6.07, 6.45) is 3.84. The van der Waals surface area contributed by atoms with E-state index in [1.807, 2.05) is 29.2 Å². The molecule has 0 atom stereocenters. The van der Waals surface area contributed by atoms with Gasteiger partial charge in [-0.1, -0.05) is 18.2 Å². The molecular formula is C23H24N4O2. The number of aromatic nitrogens is 1. The van der Waals surface area contributed by atoms with Crippen molar-refractivity contribution < 1.29 is 9.53 Å². The van der Waals surface area contributed by atoms with Gasteiger partial charge >= 0.3 is 6.03 Å². The molecule has 1 saturated heterocycles. The number of hydrogen-bond acceptors (Lipinski definition) is 3. The van der Waals surface area contributed by atoms with Gasteiger partial charge in [-0.25, -0.2) is 4.79 Å². The van der Waals surface area contributed by atoms with Gasteiger partial charge in [0.1, 0.15) is 5.75 Å². The summed E-state index contributed by atoms with van der Waals surface area (Å²) < 4.78 is 7.51. The molecule has 2 amide bonds. The monoisotopic (exact) mass is 388 g/mol. The third-order valence-corrected chi connectivity index (χ3v) is 6.00. The van der Waals surface area contributed by atoms with Crippen LogP contribution in [0.3, 0.4) is 0 Å². The Balaban J connectivity index is 1.32. The molecule has 0 radical (unpaired) electrons. The maximum Gasteiger partial charge on any atom is 0.321 e. The molecule has 0 unspecified atom stereocenters. The quantitative estimate of drug-likeness (QED) is 0.683. The molecule has 2 N–H and O–H groups in total. The fourth-order valence-electron chi connectivity index (χ4n) is 4.47. The Labute approximate surface area is 170 Å². The number of hydrogen-bond donors (Lipinski definition) is 2. The van der Waals surface area contributed by atoms with Crippen LogP contribution in [-0.2, 0) is 5.54 Å². The number of likely N-dealkylation sites (tertiary alicyclic amines) is 1. The van der Waals surface area contributed by atoms with E-state index in [4.69, 9.17) is 4.74 Å². The minimum Gasteiger partial charge on any atom is -0.497 e. The summed E-state index contributed by atoms with van der Waals surface area (Å²) in [5.74, 6) is 0.728. The lowest BCUT2D eigenvalue weighted by Crippen LogP contribution is -2.51. The van der Waals surface area contributed by atoms with Gasteiger partial charge in [-0.2, -0.15) is 0 Å². The predicted octanol–water partition coefficient (Wildman–Crippen LogP) is 4.43. The number of rotatable bonds is 2. The Morgan fingerprint density at radius 2 is 1.90 bits per heavy atom. The number of urea groups is 1. The van der Waals surface area contributed by atoms with Crippen LogP contribution in [0.4, 0.5) is 16.2 Å². The lowest BCUT2D eigenvalue weighted by Gasteiger charge is -2.46. The van der Waals surface area contributed by atoms with Gasteiger partial charge in [0.05, 0.1) is 24.0 Å². The number of ether oxygens (including phenoxy) is 1. The second-order valence-electron chi connectivity index (χ2n) is 7.64. The normalized spacial score (nSPS) is 16.5. The SMILES string of the molecule is COc1cccc(NC(=O)N2CCC3(CC2)Nc2ccccc2-n2cccc23)c1. The van der Waals surface area contributed by atoms with Gasteiger partial charge in [-0.05, 0) is 49.2 Å². The van der Waals surface area contributed by atoms with Crippen LogP contribution in [-0.4, -0.2) is 35.7 Å². The molecule has 5 rings (SSSR count). The van der Waals surface area contributed by atoms with Crippen molar-refractivity contribution in [3.8, 4) is 11.4 Å². The number of piperidine rings is 1. The van der Waals surface area contributed by atoms with Crippen molar-refractivity contribution in [2.75, 3.05) is 30.8 Å². The van der Waals surface area contributed by atoms with E-state index < -0.39 is 0 Å². The molecule has 6 nitrogen and oxygen atoms in total. The third kappa shape index (κ3) is 3.01. The first-order chi connectivity index (χ1) is 14.2. The second kappa shape index (κ2) is 6.88. The largest absolute Gasteiger partial charge is 0.497 e. The van der Waals surface area contributed by atoms with Crippen molar-refractivity contribution in [1.29, 1.82) is 0 Å². The molecule has 2 aromatic carbocycles. The van der Waals surface area contributed by atoms with Crippen LogP contribution in [0, 0.1) is 0 Å². The summed E-state index contributed by atoms with van der Waals surface area (Å²) in [5, 5.41) is 6.77. The van der Waals surface area contributed by atoms with Gasteiger partial charge in [0.25, 0.3) is 0 Å². The zero-order valence-electron chi connectivity index (χ0n) is 16.4. The number of para-hydroxylation sites is 2. The molecule has 2 aliphatic heterocycles. The molecule has 1 fully saturated rings. The van der Waals surface area contributed by atoms with Gasteiger partial charge in [0.2, 0.25) is 0 Å². The summed E-state index contributed by atoms with van der Waals surface area (Å²) in [6.45, 7) is 1.38. The lowest BCUT2D eigenvalue weighted by molar-refractivity contribution is 0.174. The highest BCUT2D eigenvalue weighted by atomic mass is 16.5. The van der Waals surface area contributed by atoms with Crippen LogP contribution in [0.5, 0.6) is 5.75 Å². The fraction of sp³-hybridized carbons (Fsp3) is 0.261. The summed E-state index contributed by atoms with van der Waals surface area (Å²) in [4.78, 5) is 14.7. The molecular weight excluding hydrogens is 364 g/mol. The molecule has 0 saturated carbocycles. The molecule has 6 heteroatoms. The first-order valence-electron chi connectivity index (χ1n) is 9.94.